The third kappa shape index (κ3) is 10.0. The number of nitrogens with zero attached hydrogens (tertiary/aromatic N) is 1. The maximum Gasteiger partial charge on any atom is 0.407 e. The number of halogens is 2. The first-order chi connectivity index (χ1) is 21.3. The molecule has 2 N–H and O–H groups in total. The fourth-order valence-electron chi connectivity index (χ4n) is 5.04. The second-order valence-electron chi connectivity index (χ2n) is 10.4. The van der Waals surface area contributed by atoms with Crippen molar-refractivity contribution >= 4 is 23.6 Å². The van der Waals surface area contributed by atoms with Crippen LogP contribution >= 0.6 is 11.6 Å². The Bertz CT molecular complexity index is 1370. The fraction of sp³-hybridized carbons (Fsp3) is 0.394. The molecule has 1 aliphatic heterocycles. The summed E-state index contributed by atoms with van der Waals surface area (Å²) in [5, 5.41) is 12.9. The largest absolute Gasteiger partial charge is 0.493 e. The Morgan fingerprint density at radius 2 is 1.73 bits per heavy atom. The molecule has 3 aromatic rings. The Morgan fingerprint density at radius 3 is 2.48 bits per heavy atom. The molecule has 0 spiro atoms. The molecule has 0 bridgehead atoms. The molecule has 1 aliphatic rings. The highest BCUT2D eigenvalue weighted by Gasteiger charge is 2.33. The SMILES string of the molecule is CC(=O)NCCc1ccc(F)cc1OCCOC1CN(C(=O)O)CCC1c1ccc(OCCCOc2ccccc2Cl)cc1. The molecule has 1 fully saturated rings. The van der Waals surface area contributed by atoms with E-state index >= 15 is 0 Å². The third-order valence-electron chi connectivity index (χ3n) is 7.26. The summed E-state index contributed by atoms with van der Waals surface area (Å²) in [5.41, 5.74) is 1.80. The van der Waals surface area contributed by atoms with Crippen LogP contribution in [0.4, 0.5) is 9.18 Å². The number of amides is 2. The van der Waals surface area contributed by atoms with Crippen molar-refractivity contribution in [3.8, 4) is 17.2 Å². The van der Waals surface area contributed by atoms with E-state index in [0.29, 0.717) is 62.1 Å². The Labute approximate surface area is 261 Å². The van der Waals surface area contributed by atoms with Crippen LogP contribution in [-0.4, -0.2) is 74.2 Å². The maximum absolute atomic E-state index is 13.9. The van der Waals surface area contributed by atoms with Gasteiger partial charge >= 0.3 is 6.09 Å². The van der Waals surface area contributed by atoms with Crippen molar-refractivity contribution in [3.05, 3.63) is 88.7 Å². The van der Waals surface area contributed by atoms with Crippen LogP contribution in [0.25, 0.3) is 0 Å². The van der Waals surface area contributed by atoms with E-state index < -0.39 is 11.9 Å². The maximum atomic E-state index is 13.9. The smallest absolute Gasteiger partial charge is 0.407 e. The van der Waals surface area contributed by atoms with E-state index in [1.165, 1.54) is 24.0 Å². The average Bonchev–Trinajstić information content (AvgIpc) is 3.01. The summed E-state index contributed by atoms with van der Waals surface area (Å²) in [7, 11) is 0. The van der Waals surface area contributed by atoms with Gasteiger partial charge < -0.3 is 34.3 Å². The molecule has 236 valence electrons. The summed E-state index contributed by atoms with van der Waals surface area (Å²) in [6.07, 6.45) is 0.410. The number of benzene rings is 3. The van der Waals surface area contributed by atoms with Crippen molar-refractivity contribution in [2.24, 2.45) is 0 Å². The van der Waals surface area contributed by atoms with Gasteiger partial charge in [0.1, 0.15) is 29.7 Å². The predicted molar refractivity (Wildman–Crippen MR) is 164 cm³/mol. The lowest BCUT2D eigenvalue weighted by Crippen LogP contribution is -2.46. The zero-order valence-electron chi connectivity index (χ0n) is 24.7. The molecule has 0 aliphatic carbocycles. The van der Waals surface area contributed by atoms with Crippen molar-refractivity contribution in [3.63, 3.8) is 0 Å². The van der Waals surface area contributed by atoms with Crippen LogP contribution < -0.4 is 19.5 Å². The quantitative estimate of drug-likeness (QED) is 0.201. The van der Waals surface area contributed by atoms with Crippen LogP contribution in [0.5, 0.6) is 17.2 Å². The molecule has 11 heteroatoms. The Hall–Kier alpha value is -4.02. The van der Waals surface area contributed by atoms with E-state index in [9.17, 15) is 19.1 Å². The van der Waals surface area contributed by atoms with Crippen LogP contribution in [0.2, 0.25) is 5.02 Å². The van der Waals surface area contributed by atoms with Gasteiger partial charge in [-0.3, -0.25) is 4.79 Å². The minimum atomic E-state index is -0.987. The average molecular weight is 629 g/mol. The summed E-state index contributed by atoms with van der Waals surface area (Å²) < 4.78 is 37.5. The van der Waals surface area contributed by atoms with Crippen LogP contribution in [0.1, 0.15) is 36.8 Å². The molecule has 2 atom stereocenters. The van der Waals surface area contributed by atoms with Gasteiger partial charge in [0.05, 0.1) is 37.5 Å². The summed E-state index contributed by atoms with van der Waals surface area (Å²) in [6.45, 7) is 3.77. The van der Waals surface area contributed by atoms with Gasteiger partial charge in [0.25, 0.3) is 0 Å². The number of hydrogen-bond donors (Lipinski definition) is 2. The minimum Gasteiger partial charge on any atom is -0.493 e. The first kappa shape index (κ1) is 32.9. The van der Waals surface area contributed by atoms with Crippen molar-refractivity contribution in [2.75, 3.05) is 46.1 Å². The molecular formula is C33H38ClFN2O7. The number of carbonyl (C=O) groups is 2. The highest BCUT2D eigenvalue weighted by Crippen LogP contribution is 2.32. The van der Waals surface area contributed by atoms with Gasteiger partial charge in [0.2, 0.25) is 5.91 Å². The number of hydrogen-bond acceptors (Lipinski definition) is 6. The van der Waals surface area contributed by atoms with Crippen molar-refractivity contribution in [2.45, 2.75) is 38.2 Å². The topological polar surface area (TPSA) is 107 Å². The van der Waals surface area contributed by atoms with Crippen molar-refractivity contribution in [1.82, 2.24) is 10.2 Å². The molecule has 9 nitrogen and oxygen atoms in total. The lowest BCUT2D eigenvalue weighted by atomic mass is 9.87. The molecule has 4 rings (SSSR count). The Kier molecular flexibility index (Phi) is 12.5. The molecule has 0 aromatic heterocycles. The molecule has 1 saturated heterocycles. The molecule has 2 amide bonds. The van der Waals surface area contributed by atoms with Gasteiger partial charge in [-0.15, -0.1) is 0 Å². The highest BCUT2D eigenvalue weighted by atomic mass is 35.5. The number of likely N-dealkylation sites (tertiary alicyclic amines) is 1. The normalized spacial score (nSPS) is 16.3. The van der Waals surface area contributed by atoms with Gasteiger partial charge in [-0.25, -0.2) is 9.18 Å². The van der Waals surface area contributed by atoms with Gasteiger partial charge in [-0.2, -0.15) is 0 Å². The third-order valence-corrected chi connectivity index (χ3v) is 7.57. The van der Waals surface area contributed by atoms with Crippen molar-refractivity contribution < 1.29 is 38.0 Å². The molecule has 3 aromatic carbocycles. The van der Waals surface area contributed by atoms with E-state index in [4.69, 9.17) is 30.5 Å². The van der Waals surface area contributed by atoms with E-state index in [0.717, 1.165) is 16.9 Å². The molecule has 0 saturated carbocycles. The van der Waals surface area contributed by atoms with Crippen LogP contribution in [0.15, 0.2) is 66.7 Å². The zero-order chi connectivity index (χ0) is 31.3. The summed E-state index contributed by atoms with van der Waals surface area (Å²) in [5.74, 6) is 1.17. The summed E-state index contributed by atoms with van der Waals surface area (Å²) in [4.78, 5) is 24.2. The summed E-state index contributed by atoms with van der Waals surface area (Å²) >= 11 is 6.11. The van der Waals surface area contributed by atoms with Crippen LogP contribution in [0.3, 0.4) is 0 Å². The Morgan fingerprint density at radius 1 is 0.977 bits per heavy atom. The van der Waals surface area contributed by atoms with E-state index in [2.05, 4.69) is 5.32 Å². The van der Waals surface area contributed by atoms with Crippen LogP contribution in [0, 0.1) is 5.82 Å². The first-order valence-corrected chi connectivity index (χ1v) is 15.0. The molecule has 0 radical (unpaired) electrons. The van der Waals surface area contributed by atoms with Gasteiger partial charge in [0.15, 0.2) is 0 Å². The molecule has 44 heavy (non-hydrogen) atoms. The van der Waals surface area contributed by atoms with Crippen molar-refractivity contribution in [1.29, 1.82) is 0 Å². The minimum absolute atomic E-state index is 0.0222. The lowest BCUT2D eigenvalue weighted by molar-refractivity contribution is -0.118. The zero-order valence-corrected chi connectivity index (χ0v) is 25.4. The predicted octanol–water partition coefficient (Wildman–Crippen LogP) is 5.94. The number of rotatable bonds is 15. The highest BCUT2D eigenvalue weighted by molar-refractivity contribution is 6.32. The van der Waals surface area contributed by atoms with E-state index in [1.54, 1.807) is 12.1 Å². The van der Waals surface area contributed by atoms with Crippen LogP contribution in [-0.2, 0) is 16.0 Å². The summed E-state index contributed by atoms with van der Waals surface area (Å²) in [6, 6.07) is 19.4. The van der Waals surface area contributed by atoms with Gasteiger partial charge in [-0.05, 0) is 54.3 Å². The standard InChI is InChI=1S/C33H38ClFN2O7/c1-23(38)36-15-13-25-7-10-26(35)21-31(25)43-19-20-44-32-22-37(33(39)40)16-14-28(32)24-8-11-27(12-9-24)41-17-4-18-42-30-6-3-2-5-29(30)34/h2-3,5-12,21,28,32H,4,13-20,22H2,1H3,(H,36,38)(H,39,40). The molecule has 1 heterocycles. The molecular weight excluding hydrogens is 591 g/mol. The van der Waals surface area contributed by atoms with Gasteiger partial charge in [0, 0.05) is 38.4 Å². The second kappa shape index (κ2) is 16.7. The second-order valence-corrected chi connectivity index (χ2v) is 10.8. The van der Waals surface area contributed by atoms with Gasteiger partial charge in [-0.1, -0.05) is 41.9 Å². The number of carboxylic acid groups (broad SMARTS) is 1. The number of piperidine rings is 1. The van der Waals surface area contributed by atoms with E-state index in [1.807, 2.05) is 42.5 Å². The Balaban J connectivity index is 1.28. The monoisotopic (exact) mass is 628 g/mol. The number of ether oxygens (including phenoxy) is 4. The fourth-order valence-corrected chi connectivity index (χ4v) is 5.23. The number of nitrogens with one attached hydrogen (secondary N) is 1. The van der Waals surface area contributed by atoms with E-state index in [-0.39, 0.29) is 37.7 Å². The molecule has 2 unspecified atom stereocenters. The number of carbonyl (C=O) groups excluding carboxylic acids is 1. The number of para-hydroxylation sites is 1. The first-order valence-electron chi connectivity index (χ1n) is 14.7. The lowest BCUT2D eigenvalue weighted by Gasteiger charge is -2.37.